The lowest BCUT2D eigenvalue weighted by molar-refractivity contribution is -0.148. The van der Waals surface area contributed by atoms with Crippen LogP contribution in [0.1, 0.15) is 41.0 Å². The van der Waals surface area contributed by atoms with Crippen molar-refractivity contribution in [2.45, 2.75) is 47.9 Å². The Morgan fingerprint density at radius 2 is 1.29 bits per heavy atom. The van der Waals surface area contributed by atoms with Crippen LogP contribution >= 0.6 is 0 Å². The van der Waals surface area contributed by atoms with Crippen LogP contribution in [0.2, 0.25) is 0 Å². The number of ether oxygens (including phenoxy) is 1. The van der Waals surface area contributed by atoms with Gasteiger partial charge in [0.1, 0.15) is 5.76 Å². The second-order valence-corrected chi connectivity index (χ2v) is 13.1. The molecule has 4 aromatic rings. The number of aliphatic hydroxyl groups excluding tert-OH is 1. The van der Waals surface area contributed by atoms with Crippen molar-refractivity contribution >= 4 is 15.8 Å². The van der Waals surface area contributed by atoms with Gasteiger partial charge in [-0.3, -0.25) is 0 Å². The van der Waals surface area contributed by atoms with Gasteiger partial charge in [0.05, 0.1) is 16.2 Å². The fraction of sp³-hybridized carbons (Fsp3) is 0.229. The largest absolute Gasteiger partial charge is 0.507 e. The Morgan fingerprint density at radius 1 is 0.756 bits per heavy atom. The van der Waals surface area contributed by atoms with Gasteiger partial charge in [0.25, 0.3) is 0 Å². The van der Waals surface area contributed by atoms with Crippen molar-refractivity contribution in [3.05, 3.63) is 149 Å². The smallest absolute Gasteiger partial charge is 0.339 e. The van der Waals surface area contributed by atoms with Gasteiger partial charge < -0.3 is 9.84 Å². The molecule has 0 bridgehead atoms. The first-order valence-corrected chi connectivity index (χ1v) is 15.6. The van der Waals surface area contributed by atoms with E-state index >= 15 is 0 Å². The topological polar surface area (TPSA) is 80.7 Å². The number of cyclic esters (lactones) is 1. The Hall–Kier alpha value is -4.16. The third-order valence-corrected chi connectivity index (χ3v) is 9.74. The van der Waals surface area contributed by atoms with E-state index in [1.807, 2.05) is 78.9 Å². The Bertz CT molecular complexity index is 1630. The molecule has 41 heavy (non-hydrogen) atoms. The molecule has 6 heteroatoms. The quantitative estimate of drug-likeness (QED) is 0.216. The standard InChI is InChI=1S/C35H32O5S/c36-33-32(34(37)40-35(33,22-25-11-4-1-5-12-25)23-26-13-6-2-7-14-26)31(28-19-20-28)29-16-10-15-27(21-29)24-41(38,39)30-17-8-3-9-18-30/h1-18,21,28,31,36H,19-20,22-24H2. The number of rotatable bonds is 10. The van der Waals surface area contributed by atoms with E-state index in [0.29, 0.717) is 24.0 Å². The molecule has 4 aromatic carbocycles. The van der Waals surface area contributed by atoms with Gasteiger partial charge in [0.15, 0.2) is 15.4 Å². The van der Waals surface area contributed by atoms with E-state index in [0.717, 1.165) is 29.5 Å². The number of aliphatic hydroxyl groups is 1. The number of hydrogen-bond acceptors (Lipinski definition) is 5. The fourth-order valence-corrected chi connectivity index (χ4v) is 7.32. The van der Waals surface area contributed by atoms with Gasteiger partial charge in [-0.05, 0) is 53.1 Å². The van der Waals surface area contributed by atoms with Crippen LogP contribution in [-0.4, -0.2) is 25.1 Å². The van der Waals surface area contributed by atoms with Crippen LogP contribution in [-0.2, 0) is 38.0 Å². The van der Waals surface area contributed by atoms with Crippen LogP contribution in [0.25, 0.3) is 0 Å². The normalized spacial score (nSPS) is 17.3. The van der Waals surface area contributed by atoms with Crippen molar-refractivity contribution in [2.24, 2.45) is 5.92 Å². The molecule has 6 rings (SSSR count). The average Bonchev–Trinajstić information content (AvgIpc) is 3.78. The summed E-state index contributed by atoms with van der Waals surface area (Å²) in [6, 6.07) is 35.3. The maximum absolute atomic E-state index is 13.7. The third-order valence-electron chi connectivity index (χ3n) is 8.03. The monoisotopic (exact) mass is 564 g/mol. The van der Waals surface area contributed by atoms with Crippen LogP contribution in [0.3, 0.4) is 0 Å². The van der Waals surface area contributed by atoms with Crippen molar-refractivity contribution in [1.82, 2.24) is 0 Å². The molecule has 208 valence electrons. The Kier molecular flexibility index (Phi) is 7.26. The minimum absolute atomic E-state index is 0.0191. The van der Waals surface area contributed by atoms with Crippen LogP contribution in [0.15, 0.2) is 131 Å². The molecule has 1 unspecified atom stereocenters. The van der Waals surface area contributed by atoms with Crippen molar-refractivity contribution in [3.63, 3.8) is 0 Å². The highest BCUT2D eigenvalue weighted by Gasteiger charge is 2.52. The molecule has 1 saturated carbocycles. The van der Waals surface area contributed by atoms with Crippen LogP contribution in [0, 0.1) is 5.92 Å². The molecule has 1 atom stereocenters. The number of benzene rings is 4. The van der Waals surface area contributed by atoms with E-state index in [2.05, 4.69) is 0 Å². The number of hydrogen-bond donors (Lipinski definition) is 1. The molecule has 0 radical (unpaired) electrons. The minimum atomic E-state index is -3.54. The Labute approximate surface area is 241 Å². The highest BCUT2D eigenvalue weighted by atomic mass is 32.2. The first kappa shape index (κ1) is 27.0. The second-order valence-electron chi connectivity index (χ2n) is 11.1. The van der Waals surface area contributed by atoms with Crippen molar-refractivity contribution in [2.75, 3.05) is 0 Å². The summed E-state index contributed by atoms with van der Waals surface area (Å²) in [5, 5.41) is 11.9. The first-order chi connectivity index (χ1) is 19.8. The Balaban J connectivity index is 1.39. The van der Waals surface area contributed by atoms with Gasteiger partial charge in [-0.1, -0.05) is 103 Å². The minimum Gasteiger partial charge on any atom is -0.507 e. The number of esters is 1. The van der Waals surface area contributed by atoms with Gasteiger partial charge in [-0.25, -0.2) is 13.2 Å². The summed E-state index contributed by atoms with van der Waals surface area (Å²) in [4.78, 5) is 14.0. The molecule has 1 heterocycles. The summed E-state index contributed by atoms with van der Waals surface area (Å²) in [5.41, 5.74) is 2.45. The lowest BCUT2D eigenvalue weighted by Crippen LogP contribution is -2.37. The van der Waals surface area contributed by atoms with Crippen molar-refractivity contribution in [1.29, 1.82) is 0 Å². The maximum Gasteiger partial charge on any atom is 0.339 e. The van der Waals surface area contributed by atoms with Crippen LogP contribution in [0.4, 0.5) is 0 Å². The third kappa shape index (κ3) is 5.70. The highest BCUT2D eigenvalue weighted by molar-refractivity contribution is 7.90. The summed E-state index contributed by atoms with van der Waals surface area (Å²) in [5.74, 6) is -0.882. The maximum atomic E-state index is 13.7. The molecule has 1 aliphatic carbocycles. The zero-order valence-electron chi connectivity index (χ0n) is 22.6. The van der Waals surface area contributed by atoms with E-state index in [-0.39, 0.29) is 28.2 Å². The Morgan fingerprint density at radius 3 is 1.85 bits per heavy atom. The SMILES string of the molecule is O=C1OC(Cc2ccccc2)(Cc2ccccc2)C(O)=C1C(c1cccc(CS(=O)(=O)c2ccccc2)c1)C1CC1. The molecule has 1 N–H and O–H groups in total. The summed E-state index contributed by atoms with van der Waals surface area (Å²) in [6.07, 6.45) is 2.53. The molecule has 1 fully saturated rings. The summed E-state index contributed by atoms with van der Waals surface area (Å²) < 4.78 is 32.4. The van der Waals surface area contributed by atoms with Crippen LogP contribution < -0.4 is 0 Å². The molecule has 0 saturated heterocycles. The molecule has 2 aliphatic rings. The zero-order chi connectivity index (χ0) is 28.5. The van der Waals surface area contributed by atoms with Gasteiger partial charge >= 0.3 is 5.97 Å². The highest BCUT2D eigenvalue weighted by Crippen LogP contribution is 2.51. The van der Waals surface area contributed by atoms with Crippen molar-refractivity contribution < 1.29 is 23.1 Å². The summed E-state index contributed by atoms with van der Waals surface area (Å²) in [7, 11) is -3.54. The molecule has 5 nitrogen and oxygen atoms in total. The zero-order valence-corrected chi connectivity index (χ0v) is 23.5. The molecule has 1 aliphatic heterocycles. The van der Waals surface area contributed by atoms with E-state index in [4.69, 9.17) is 4.74 Å². The summed E-state index contributed by atoms with van der Waals surface area (Å²) >= 11 is 0. The molecular weight excluding hydrogens is 532 g/mol. The predicted molar refractivity (Wildman–Crippen MR) is 158 cm³/mol. The van der Waals surface area contributed by atoms with E-state index < -0.39 is 21.4 Å². The predicted octanol–water partition coefficient (Wildman–Crippen LogP) is 6.75. The lowest BCUT2D eigenvalue weighted by atomic mass is 9.81. The number of sulfone groups is 1. The van der Waals surface area contributed by atoms with Crippen molar-refractivity contribution in [3.8, 4) is 0 Å². The van der Waals surface area contributed by atoms with Gasteiger partial charge in [0.2, 0.25) is 0 Å². The van der Waals surface area contributed by atoms with Gasteiger partial charge in [-0.2, -0.15) is 0 Å². The van der Waals surface area contributed by atoms with Crippen LogP contribution in [0.5, 0.6) is 0 Å². The lowest BCUT2D eigenvalue weighted by Gasteiger charge is -2.29. The van der Waals surface area contributed by atoms with Gasteiger partial charge in [0, 0.05) is 18.8 Å². The number of carbonyl (C=O) groups excluding carboxylic acids is 1. The fourth-order valence-electron chi connectivity index (χ4n) is 5.96. The van der Waals surface area contributed by atoms with Gasteiger partial charge in [-0.15, -0.1) is 0 Å². The molecule has 0 aromatic heterocycles. The second kappa shape index (κ2) is 11.0. The average molecular weight is 565 g/mol. The van der Waals surface area contributed by atoms with E-state index in [1.165, 1.54) is 0 Å². The first-order valence-electron chi connectivity index (χ1n) is 14.0. The molecule has 0 spiro atoms. The van der Waals surface area contributed by atoms with E-state index in [1.54, 1.807) is 36.4 Å². The summed E-state index contributed by atoms with van der Waals surface area (Å²) in [6.45, 7) is 0. The number of carbonyl (C=O) groups is 1. The molecule has 0 amide bonds. The van der Waals surface area contributed by atoms with E-state index in [9.17, 15) is 18.3 Å². The molecular formula is C35H32O5S.